The van der Waals surface area contributed by atoms with E-state index >= 15 is 0 Å². The molecule has 1 aliphatic rings. The molecule has 2 aromatic heterocycles. The molecule has 0 aliphatic carbocycles. The Balaban J connectivity index is 0.00000132. The highest BCUT2D eigenvalue weighted by Crippen LogP contribution is 2.25. The third-order valence-corrected chi connectivity index (χ3v) is 4.79. The van der Waals surface area contributed by atoms with Gasteiger partial charge in [0.25, 0.3) is 5.91 Å². The van der Waals surface area contributed by atoms with Crippen molar-refractivity contribution in [3.8, 4) is 10.7 Å². The van der Waals surface area contributed by atoms with Crippen molar-refractivity contribution < 1.29 is 4.79 Å². The molecule has 0 saturated carbocycles. The van der Waals surface area contributed by atoms with Crippen LogP contribution in [0.1, 0.15) is 22.5 Å². The summed E-state index contributed by atoms with van der Waals surface area (Å²) in [6.45, 7) is 1.95. The Labute approximate surface area is 152 Å². The van der Waals surface area contributed by atoms with Gasteiger partial charge in [0, 0.05) is 19.3 Å². The maximum Gasteiger partial charge on any atom is 0.265 e. The zero-order chi connectivity index (χ0) is 14.7. The molecule has 3 rings (SSSR count). The molecule has 1 saturated heterocycles. The van der Waals surface area contributed by atoms with Gasteiger partial charge in [-0.2, -0.15) is 0 Å². The van der Waals surface area contributed by atoms with Crippen LogP contribution < -0.4 is 5.32 Å². The lowest BCUT2D eigenvalue weighted by molar-refractivity contribution is 0.0708. The van der Waals surface area contributed by atoms with Crippen LogP contribution >= 0.6 is 36.2 Å². The molecule has 8 heteroatoms. The summed E-state index contributed by atoms with van der Waals surface area (Å²) >= 11 is 1.41. The molecular weight excluding hydrogens is 355 g/mol. The van der Waals surface area contributed by atoms with Gasteiger partial charge in [-0.3, -0.25) is 9.78 Å². The molecule has 126 valence electrons. The SMILES string of the molecule is CN(C(=O)c1cnc(-c2ccccn2)s1)C1CCNCC1.Cl.Cl. The summed E-state index contributed by atoms with van der Waals surface area (Å²) < 4.78 is 0. The average Bonchev–Trinajstić information content (AvgIpc) is 3.05. The number of nitrogens with zero attached hydrogens (tertiary/aromatic N) is 3. The van der Waals surface area contributed by atoms with Gasteiger partial charge in [0.05, 0.1) is 11.9 Å². The minimum Gasteiger partial charge on any atom is -0.338 e. The van der Waals surface area contributed by atoms with E-state index in [-0.39, 0.29) is 30.7 Å². The van der Waals surface area contributed by atoms with Crippen molar-refractivity contribution in [1.29, 1.82) is 0 Å². The lowest BCUT2D eigenvalue weighted by atomic mass is 10.1. The monoisotopic (exact) mass is 374 g/mol. The van der Waals surface area contributed by atoms with E-state index in [2.05, 4.69) is 15.3 Å². The summed E-state index contributed by atoms with van der Waals surface area (Å²) in [5.74, 6) is 0.0570. The zero-order valence-corrected chi connectivity index (χ0v) is 15.2. The number of hydrogen-bond donors (Lipinski definition) is 1. The van der Waals surface area contributed by atoms with Crippen LogP contribution in [0.3, 0.4) is 0 Å². The maximum absolute atomic E-state index is 12.5. The van der Waals surface area contributed by atoms with Crippen LogP contribution in [0.25, 0.3) is 10.7 Å². The molecule has 1 fully saturated rings. The van der Waals surface area contributed by atoms with Crippen molar-refractivity contribution >= 4 is 42.1 Å². The fourth-order valence-electron chi connectivity index (χ4n) is 2.51. The number of pyridine rings is 1. The third-order valence-electron chi connectivity index (χ3n) is 3.78. The average molecular weight is 375 g/mol. The molecule has 0 atom stereocenters. The number of carbonyl (C=O) groups is 1. The quantitative estimate of drug-likeness (QED) is 0.896. The van der Waals surface area contributed by atoms with Crippen LogP contribution in [0, 0.1) is 0 Å². The van der Waals surface area contributed by atoms with Crippen molar-refractivity contribution in [3.63, 3.8) is 0 Å². The van der Waals surface area contributed by atoms with Gasteiger partial charge in [-0.05, 0) is 38.1 Å². The smallest absolute Gasteiger partial charge is 0.265 e. The molecule has 0 unspecified atom stereocenters. The Morgan fingerprint density at radius 3 is 2.65 bits per heavy atom. The van der Waals surface area contributed by atoms with Gasteiger partial charge in [0.2, 0.25) is 0 Å². The summed E-state index contributed by atoms with van der Waals surface area (Å²) in [6.07, 6.45) is 5.41. The van der Waals surface area contributed by atoms with Crippen LogP contribution in [-0.2, 0) is 0 Å². The molecule has 0 bridgehead atoms. The van der Waals surface area contributed by atoms with Crippen LogP contribution in [0.15, 0.2) is 30.6 Å². The van der Waals surface area contributed by atoms with E-state index in [9.17, 15) is 4.79 Å². The van der Waals surface area contributed by atoms with E-state index in [4.69, 9.17) is 0 Å². The number of piperidine rings is 1. The third kappa shape index (κ3) is 4.64. The van der Waals surface area contributed by atoms with Gasteiger partial charge in [-0.1, -0.05) is 6.07 Å². The molecule has 1 amide bonds. The minimum atomic E-state index is 0. The molecule has 1 N–H and O–H groups in total. The van der Waals surface area contributed by atoms with E-state index < -0.39 is 0 Å². The topological polar surface area (TPSA) is 58.1 Å². The van der Waals surface area contributed by atoms with Crippen LogP contribution in [0.5, 0.6) is 0 Å². The van der Waals surface area contributed by atoms with E-state index in [0.29, 0.717) is 10.9 Å². The standard InChI is InChI=1S/C15H18N4OS.2ClH/c1-19(11-5-8-16-9-6-11)15(20)13-10-18-14(21-13)12-4-2-3-7-17-12;;/h2-4,7,10-11,16H,5-6,8-9H2,1H3;2*1H. The number of aromatic nitrogens is 2. The molecule has 0 spiro atoms. The number of thiazole rings is 1. The Hall–Kier alpha value is -1.21. The molecule has 5 nitrogen and oxygen atoms in total. The number of hydrogen-bond acceptors (Lipinski definition) is 5. The molecular formula is C15H20Cl2N4OS. The van der Waals surface area contributed by atoms with Gasteiger partial charge in [0.15, 0.2) is 0 Å². The molecule has 3 heterocycles. The number of rotatable bonds is 3. The second-order valence-electron chi connectivity index (χ2n) is 5.14. The first-order valence-corrected chi connectivity index (χ1v) is 7.92. The van der Waals surface area contributed by atoms with E-state index in [0.717, 1.165) is 36.6 Å². The van der Waals surface area contributed by atoms with Gasteiger partial charge in [-0.25, -0.2) is 4.98 Å². The van der Waals surface area contributed by atoms with Crippen molar-refractivity contribution in [2.24, 2.45) is 0 Å². The van der Waals surface area contributed by atoms with Crippen molar-refractivity contribution in [2.45, 2.75) is 18.9 Å². The van der Waals surface area contributed by atoms with E-state index in [1.54, 1.807) is 12.4 Å². The van der Waals surface area contributed by atoms with E-state index in [1.165, 1.54) is 11.3 Å². The Morgan fingerprint density at radius 2 is 2.00 bits per heavy atom. The fourth-order valence-corrected chi connectivity index (χ4v) is 3.39. The number of carbonyl (C=O) groups excluding carboxylic acids is 1. The first-order chi connectivity index (χ1) is 10.3. The summed E-state index contributed by atoms with van der Waals surface area (Å²) in [5, 5.41) is 4.11. The van der Waals surface area contributed by atoms with Crippen molar-refractivity contribution in [3.05, 3.63) is 35.5 Å². The van der Waals surface area contributed by atoms with E-state index in [1.807, 2.05) is 30.1 Å². The first kappa shape index (κ1) is 19.8. The normalized spacial score (nSPS) is 14.5. The molecule has 0 aromatic carbocycles. The fraction of sp³-hybridized carbons (Fsp3) is 0.400. The number of amides is 1. The lowest BCUT2D eigenvalue weighted by Crippen LogP contribution is -2.43. The second-order valence-corrected chi connectivity index (χ2v) is 6.17. The summed E-state index contributed by atoms with van der Waals surface area (Å²) in [5.41, 5.74) is 0.811. The molecule has 0 radical (unpaired) electrons. The highest BCUT2D eigenvalue weighted by molar-refractivity contribution is 7.16. The Morgan fingerprint density at radius 1 is 1.26 bits per heavy atom. The zero-order valence-electron chi connectivity index (χ0n) is 12.8. The predicted octanol–water partition coefficient (Wildman–Crippen LogP) is 2.87. The molecule has 2 aromatic rings. The highest BCUT2D eigenvalue weighted by Gasteiger charge is 2.24. The predicted molar refractivity (Wildman–Crippen MR) is 97.8 cm³/mol. The maximum atomic E-state index is 12.5. The van der Waals surface area contributed by atoms with Gasteiger partial charge in [-0.15, -0.1) is 36.2 Å². The van der Waals surface area contributed by atoms with Crippen molar-refractivity contribution in [1.82, 2.24) is 20.2 Å². The first-order valence-electron chi connectivity index (χ1n) is 7.11. The minimum absolute atomic E-state index is 0. The number of halogens is 2. The van der Waals surface area contributed by atoms with Gasteiger partial charge in [0.1, 0.15) is 9.88 Å². The summed E-state index contributed by atoms with van der Waals surface area (Å²) in [6, 6.07) is 6.02. The Kier molecular flexibility index (Phi) is 7.91. The van der Waals surface area contributed by atoms with Crippen LogP contribution in [0.4, 0.5) is 0 Å². The highest BCUT2D eigenvalue weighted by atomic mass is 35.5. The second kappa shape index (κ2) is 9.17. The number of nitrogens with one attached hydrogen (secondary N) is 1. The van der Waals surface area contributed by atoms with Gasteiger partial charge < -0.3 is 10.2 Å². The van der Waals surface area contributed by atoms with Gasteiger partial charge >= 0.3 is 0 Å². The Bertz CT molecular complexity index is 617. The van der Waals surface area contributed by atoms with Crippen molar-refractivity contribution in [2.75, 3.05) is 20.1 Å². The molecule has 1 aliphatic heterocycles. The lowest BCUT2D eigenvalue weighted by Gasteiger charge is -2.31. The summed E-state index contributed by atoms with van der Waals surface area (Å²) in [7, 11) is 1.89. The largest absolute Gasteiger partial charge is 0.338 e. The summed E-state index contributed by atoms with van der Waals surface area (Å²) in [4.78, 5) is 23.7. The van der Waals surface area contributed by atoms with Crippen LogP contribution in [0.2, 0.25) is 0 Å². The molecule has 23 heavy (non-hydrogen) atoms. The van der Waals surface area contributed by atoms with Crippen LogP contribution in [-0.4, -0.2) is 47.0 Å².